The predicted octanol–water partition coefficient (Wildman–Crippen LogP) is 8.16. The summed E-state index contributed by atoms with van der Waals surface area (Å²) in [5.41, 5.74) is 0. The molecule has 49 heavy (non-hydrogen) atoms. The summed E-state index contributed by atoms with van der Waals surface area (Å²) in [5, 5.41) is 18.5. The van der Waals surface area contributed by atoms with E-state index in [4.69, 9.17) is 28.8 Å². The lowest BCUT2D eigenvalue weighted by molar-refractivity contribution is -0.159. The number of rotatable bonds is 39. The van der Waals surface area contributed by atoms with Crippen LogP contribution in [-0.2, 0) is 28.5 Å². The molecule has 1 atom stereocenters. The van der Waals surface area contributed by atoms with Gasteiger partial charge in [-0.15, -0.1) is 0 Å². The second-order valence-corrected chi connectivity index (χ2v) is 13.0. The van der Waals surface area contributed by atoms with E-state index in [2.05, 4.69) is 43.1 Å². The molecule has 0 saturated carbocycles. The lowest BCUT2D eigenvalue weighted by Crippen LogP contribution is -2.31. The van der Waals surface area contributed by atoms with Crippen LogP contribution >= 0.6 is 0 Å². The van der Waals surface area contributed by atoms with E-state index < -0.39 is 6.10 Å². The second-order valence-electron chi connectivity index (χ2n) is 13.0. The van der Waals surface area contributed by atoms with Crippen molar-refractivity contribution in [2.45, 2.75) is 155 Å². The maximum Gasteiger partial charge on any atom is 0.305 e. The van der Waals surface area contributed by atoms with Crippen LogP contribution in [0.25, 0.3) is 0 Å². The lowest BCUT2D eigenvalue weighted by atomic mass is 10.1. The van der Waals surface area contributed by atoms with Crippen molar-refractivity contribution in [1.82, 2.24) is 4.90 Å². The minimum absolute atomic E-state index is 0.172. The van der Waals surface area contributed by atoms with Crippen LogP contribution in [0.15, 0.2) is 24.3 Å². The topological polar surface area (TPSA) is 107 Å². The highest BCUT2D eigenvalue weighted by atomic mass is 16.7. The zero-order valence-corrected chi connectivity index (χ0v) is 32.0. The van der Waals surface area contributed by atoms with Crippen LogP contribution in [-0.4, -0.2) is 106 Å². The Morgan fingerprint density at radius 3 is 1.73 bits per heavy atom. The fraction of sp³-hybridized carbons (Fsp3) is 0.875. The molecule has 0 aromatic carbocycles. The van der Waals surface area contributed by atoms with Crippen LogP contribution in [0.3, 0.4) is 0 Å². The van der Waals surface area contributed by atoms with Gasteiger partial charge >= 0.3 is 5.97 Å². The van der Waals surface area contributed by atoms with Gasteiger partial charge in [0.1, 0.15) is 6.10 Å². The van der Waals surface area contributed by atoms with Crippen molar-refractivity contribution in [2.24, 2.45) is 0 Å². The van der Waals surface area contributed by atoms with E-state index in [0.29, 0.717) is 39.3 Å². The Bertz CT molecular complexity index is 711. The van der Waals surface area contributed by atoms with Crippen molar-refractivity contribution in [3.05, 3.63) is 24.3 Å². The Labute approximate surface area is 301 Å². The van der Waals surface area contributed by atoms with E-state index >= 15 is 0 Å². The van der Waals surface area contributed by atoms with Gasteiger partial charge in [0.25, 0.3) is 0 Å². The highest BCUT2D eigenvalue weighted by Gasteiger charge is 2.13. The molecule has 0 aromatic rings. The summed E-state index contributed by atoms with van der Waals surface area (Å²) in [6, 6.07) is 0. The highest BCUT2D eigenvalue weighted by molar-refractivity contribution is 5.69. The van der Waals surface area contributed by atoms with Crippen molar-refractivity contribution in [3.63, 3.8) is 0 Å². The molecule has 9 heteroatoms. The third kappa shape index (κ3) is 36.3. The second kappa shape index (κ2) is 39.5. The number of carbonyl (C=O) groups excluding carboxylic acids is 1. The Kier molecular flexibility index (Phi) is 38.4. The van der Waals surface area contributed by atoms with Gasteiger partial charge in [0.05, 0.1) is 32.8 Å². The van der Waals surface area contributed by atoms with Crippen molar-refractivity contribution >= 4 is 5.97 Å². The van der Waals surface area contributed by atoms with E-state index in [-0.39, 0.29) is 25.5 Å². The first-order valence-corrected chi connectivity index (χ1v) is 19.8. The summed E-state index contributed by atoms with van der Waals surface area (Å²) < 4.78 is 28.3. The number of aliphatic hydroxyl groups excluding tert-OH is 2. The zero-order chi connectivity index (χ0) is 35.9. The Hall–Kier alpha value is -1.33. The van der Waals surface area contributed by atoms with Gasteiger partial charge in [-0.25, -0.2) is 0 Å². The van der Waals surface area contributed by atoms with Crippen LogP contribution in [0.5, 0.6) is 0 Å². The number of methoxy groups -OCH3 is 1. The molecule has 9 nitrogen and oxygen atoms in total. The minimum atomic E-state index is -0.810. The van der Waals surface area contributed by atoms with E-state index in [0.717, 1.165) is 116 Å². The van der Waals surface area contributed by atoms with Crippen molar-refractivity contribution in [3.8, 4) is 0 Å². The molecule has 0 saturated heterocycles. The molecular formula is C40H77NO8. The smallest absolute Gasteiger partial charge is 0.305 e. The molecule has 290 valence electrons. The number of carbonyl (C=O) groups is 1. The minimum Gasteiger partial charge on any atom is -0.466 e. The molecule has 0 heterocycles. The number of aliphatic hydroxyl groups is 2. The number of nitrogens with zero attached hydrogens (tertiary/aromatic N) is 1. The van der Waals surface area contributed by atoms with E-state index in [1.807, 2.05) is 0 Å². The molecule has 0 radical (unpaired) electrons. The summed E-state index contributed by atoms with van der Waals surface area (Å²) in [4.78, 5) is 14.9. The van der Waals surface area contributed by atoms with E-state index in [1.165, 1.54) is 25.7 Å². The van der Waals surface area contributed by atoms with Crippen LogP contribution in [0.2, 0.25) is 0 Å². The monoisotopic (exact) mass is 700 g/mol. The number of esters is 1. The first-order chi connectivity index (χ1) is 24.1. The lowest BCUT2D eigenvalue weighted by Gasteiger charge is -2.22. The van der Waals surface area contributed by atoms with Gasteiger partial charge in [0.15, 0.2) is 6.29 Å². The Morgan fingerprint density at radius 2 is 1.18 bits per heavy atom. The van der Waals surface area contributed by atoms with Gasteiger partial charge in [0.2, 0.25) is 0 Å². The predicted molar refractivity (Wildman–Crippen MR) is 201 cm³/mol. The quantitative estimate of drug-likeness (QED) is 0.0285. The number of unbranched alkanes of at least 4 members (excludes halogenated alkanes) is 12. The third-order valence-corrected chi connectivity index (χ3v) is 8.30. The van der Waals surface area contributed by atoms with Crippen LogP contribution in [0, 0.1) is 0 Å². The molecule has 2 N–H and O–H groups in total. The summed E-state index contributed by atoms with van der Waals surface area (Å²) in [7, 11) is 1.75. The van der Waals surface area contributed by atoms with Crippen molar-refractivity contribution in [1.29, 1.82) is 0 Å². The number of allylic oxidation sites excluding steroid dienone is 4. The van der Waals surface area contributed by atoms with Gasteiger partial charge in [-0.3, -0.25) is 4.79 Å². The van der Waals surface area contributed by atoms with Crippen LogP contribution in [0.4, 0.5) is 0 Å². The molecule has 0 aliphatic rings. The average Bonchev–Trinajstić information content (AvgIpc) is 3.11. The van der Waals surface area contributed by atoms with E-state index in [1.54, 1.807) is 7.11 Å². The molecule has 0 aromatic heterocycles. The van der Waals surface area contributed by atoms with Crippen molar-refractivity contribution < 1.29 is 38.7 Å². The van der Waals surface area contributed by atoms with Gasteiger partial charge in [-0.2, -0.15) is 0 Å². The molecule has 0 spiro atoms. The number of ether oxygens (including phenoxy) is 5. The first kappa shape index (κ1) is 47.7. The summed E-state index contributed by atoms with van der Waals surface area (Å²) in [5.74, 6) is -0.172. The molecule has 0 aliphatic carbocycles. The van der Waals surface area contributed by atoms with Gasteiger partial charge in [-0.05, 0) is 90.1 Å². The molecule has 0 fully saturated rings. The SMILES string of the molecule is CC/C=C\CCCCOC(CCC(=O)OCCCCCCCN(CCCCCCCOC)CCOCC(O)CO)OCCCC/C=C\CC. The number of hydrogen-bond donors (Lipinski definition) is 2. The molecule has 0 amide bonds. The fourth-order valence-corrected chi connectivity index (χ4v) is 5.32. The standard InChI is InChI=1S/C40H77NO8/c1-4-6-8-10-17-24-33-48-40(49-34-25-18-11-9-7-5-2)27-26-39(44)47-32-23-19-13-15-21-29-41(30-35-46-37-38(43)36-42)28-20-14-12-16-22-31-45-3/h6-9,38,40,42-43H,4-5,10-37H2,1-3H3/b8-6-,9-7-. The third-order valence-electron chi connectivity index (χ3n) is 8.30. The van der Waals surface area contributed by atoms with Gasteiger partial charge in [-0.1, -0.05) is 76.7 Å². The largest absolute Gasteiger partial charge is 0.466 e. The maximum atomic E-state index is 12.5. The highest BCUT2D eigenvalue weighted by Crippen LogP contribution is 2.12. The summed E-state index contributed by atoms with van der Waals surface area (Å²) in [6.07, 6.45) is 28.3. The molecule has 0 bridgehead atoms. The zero-order valence-electron chi connectivity index (χ0n) is 32.0. The maximum absolute atomic E-state index is 12.5. The molecule has 1 unspecified atom stereocenters. The van der Waals surface area contributed by atoms with Crippen molar-refractivity contribution in [2.75, 3.05) is 73.0 Å². The normalized spacial score (nSPS) is 12.7. The molecular weight excluding hydrogens is 622 g/mol. The fourth-order valence-electron chi connectivity index (χ4n) is 5.32. The van der Waals surface area contributed by atoms with Gasteiger partial charge < -0.3 is 38.8 Å². The molecule has 0 rings (SSSR count). The van der Waals surface area contributed by atoms with E-state index in [9.17, 15) is 9.90 Å². The molecule has 0 aliphatic heterocycles. The van der Waals surface area contributed by atoms with Gasteiger partial charge in [0, 0.05) is 39.9 Å². The summed E-state index contributed by atoms with van der Waals surface area (Å²) >= 11 is 0. The summed E-state index contributed by atoms with van der Waals surface area (Å²) in [6.45, 7) is 10.3. The Balaban J connectivity index is 4.24. The Morgan fingerprint density at radius 1 is 0.653 bits per heavy atom. The van der Waals surface area contributed by atoms with Crippen LogP contribution in [0.1, 0.15) is 142 Å². The van der Waals surface area contributed by atoms with Crippen LogP contribution < -0.4 is 0 Å². The average molecular weight is 700 g/mol. The number of hydrogen-bond acceptors (Lipinski definition) is 9. The first-order valence-electron chi connectivity index (χ1n) is 19.8.